The van der Waals surface area contributed by atoms with Crippen LogP contribution in [0.2, 0.25) is 0 Å². The molecule has 0 radical (unpaired) electrons. The average molecular weight is 276 g/mol. The minimum atomic E-state index is 0.122. The van der Waals surface area contributed by atoms with Crippen molar-refractivity contribution in [2.45, 2.75) is 46.0 Å². The lowest BCUT2D eigenvalue weighted by molar-refractivity contribution is -0.120. The number of nitrogens with zero attached hydrogens (tertiary/aromatic N) is 3. The van der Waals surface area contributed by atoms with Crippen LogP contribution in [0.4, 0.5) is 11.6 Å². The molecule has 0 atom stereocenters. The van der Waals surface area contributed by atoms with Crippen LogP contribution in [0.1, 0.15) is 43.5 Å². The van der Waals surface area contributed by atoms with Crippen molar-refractivity contribution in [3.63, 3.8) is 0 Å². The van der Waals surface area contributed by atoms with Crippen molar-refractivity contribution in [3.05, 3.63) is 11.4 Å². The van der Waals surface area contributed by atoms with E-state index in [4.69, 9.17) is 0 Å². The van der Waals surface area contributed by atoms with Crippen LogP contribution in [-0.2, 0) is 4.79 Å². The largest absolute Gasteiger partial charge is 0.347 e. The quantitative estimate of drug-likeness (QED) is 0.922. The fraction of sp³-hybridized carbons (Fsp3) is 0.667. The maximum absolute atomic E-state index is 12.3. The number of aromatic nitrogens is 2. The number of rotatable bonds is 3. The fourth-order valence-corrected chi connectivity index (χ4v) is 2.67. The second-order valence-electron chi connectivity index (χ2n) is 5.79. The number of carbonyl (C=O) groups excluding carboxylic acids is 1. The van der Waals surface area contributed by atoms with Gasteiger partial charge in [-0.15, -0.1) is 0 Å². The van der Waals surface area contributed by atoms with Crippen molar-refractivity contribution >= 4 is 17.5 Å². The zero-order valence-electron chi connectivity index (χ0n) is 12.9. The normalized spacial score (nSPS) is 16.0. The first-order chi connectivity index (χ1) is 9.49. The lowest BCUT2D eigenvalue weighted by Gasteiger charge is -2.22. The highest BCUT2D eigenvalue weighted by Gasteiger charge is 2.22. The lowest BCUT2D eigenvalue weighted by Crippen LogP contribution is -2.26. The highest BCUT2D eigenvalue weighted by atomic mass is 16.1. The molecule has 110 valence electrons. The maximum Gasteiger partial charge on any atom is 0.227 e. The summed E-state index contributed by atoms with van der Waals surface area (Å²) in [6.45, 7) is 3.83. The molecule has 0 unspecified atom stereocenters. The number of anilines is 2. The van der Waals surface area contributed by atoms with Crippen molar-refractivity contribution in [3.8, 4) is 0 Å². The number of hydrogen-bond donors (Lipinski definition) is 1. The summed E-state index contributed by atoms with van der Waals surface area (Å²) in [7, 11) is 3.82. The predicted octanol–water partition coefficient (Wildman–Crippen LogP) is 2.68. The van der Waals surface area contributed by atoms with Crippen molar-refractivity contribution in [1.29, 1.82) is 0 Å². The molecule has 1 N–H and O–H groups in total. The molecule has 0 bridgehead atoms. The van der Waals surface area contributed by atoms with Crippen molar-refractivity contribution < 1.29 is 4.79 Å². The molecular formula is C15H24N4O. The molecule has 0 aliphatic heterocycles. The lowest BCUT2D eigenvalue weighted by atomic mass is 9.88. The smallest absolute Gasteiger partial charge is 0.227 e. The fourth-order valence-electron chi connectivity index (χ4n) is 2.67. The molecule has 1 aliphatic carbocycles. The Kier molecular flexibility index (Phi) is 4.57. The Bertz CT molecular complexity index is 470. The van der Waals surface area contributed by atoms with Gasteiger partial charge in [-0.25, -0.2) is 9.97 Å². The third-order valence-electron chi connectivity index (χ3n) is 3.88. The Hall–Kier alpha value is -1.65. The summed E-state index contributed by atoms with van der Waals surface area (Å²) in [6, 6.07) is 0. The molecule has 5 heteroatoms. The second-order valence-corrected chi connectivity index (χ2v) is 5.79. The van der Waals surface area contributed by atoms with Crippen molar-refractivity contribution in [2.75, 3.05) is 24.3 Å². The standard InChI is InChI=1S/C15H24N4O/c1-10-13(11(2)17-15(16-10)19(3)4)18-14(20)12-8-6-5-7-9-12/h12H,5-9H2,1-4H3,(H,18,20). The van der Waals surface area contributed by atoms with E-state index in [1.807, 2.05) is 32.8 Å². The Labute approximate surface area is 120 Å². The van der Waals surface area contributed by atoms with Crippen LogP contribution in [0.15, 0.2) is 0 Å². The van der Waals surface area contributed by atoms with Crippen LogP contribution in [0.5, 0.6) is 0 Å². The molecule has 1 heterocycles. The van der Waals surface area contributed by atoms with Crippen molar-refractivity contribution in [2.24, 2.45) is 5.92 Å². The average Bonchev–Trinajstić information content (AvgIpc) is 2.43. The third-order valence-corrected chi connectivity index (χ3v) is 3.88. The number of nitrogens with one attached hydrogen (secondary N) is 1. The van der Waals surface area contributed by atoms with E-state index in [9.17, 15) is 4.79 Å². The van der Waals surface area contributed by atoms with E-state index >= 15 is 0 Å². The topological polar surface area (TPSA) is 58.1 Å². The maximum atomic E-state index is 12.3. The van der Waals surface area contributed by atoms with Gasteiger partial charge in [-0.05, 0) is 26.7 Å². The molecule has 1 fully saturated rings. The predicted molar refractivity (Wildman–Crippen MR) is 81.0 cm³/mol. The Morgan fingerprint density at radius 2 is 1.65 bits per heavy atom. The van der Waals surface area contributed by atoms with Gasteiger partial charge in [0, 0.05) is 20.0 Å². The highest BCUT2D eigenvalue weighted by molar-refractivity contribution is 5.93. The Balaban J connectivity index is 2.14. The zero-order chi connectivity index (χ0) is 14.7. The highest BCUT2D eigenvalue weighted by Crippen LogP contribution is 2.26. The van der Waals surface area contributed by atoms with Gasteiger partial charge in [0.05, 0.1) is 17.1 Å². The van der Waals surface area contributed by atoms with E-state index in [2.05, 4.69) is 15.3 Å². The minimum Gasteiger partial charge on any atom is -0.347 e. The van der Waals surface area contributed by atoms with E-state index in [0.29, 0.717) is 5.95 Å². The third kappa shape index (κ3) is 3.26. The van der Waals surface area contributed by atoms with Crippen LogP contribution < -0.4 is 10.2 Å². The molecule has 2 rings (SSSR count). The molecule has 1 aromatic rings. The second kappa shape index (κ2) is 6.20. The molecule has 1 aliphatic rings. The molecule has 0 spiro atoms. The van der Waals surface area contributed by atoms with Gasteiger partial charge in [0.2, 0.25) is 11.9 Å². The summed E-state index contributed by atoms with van der Waals surface area (Å²) in [4.78, 5) is 23.0. The van der Waals surface area contributed by atoms with Gasteiger partial charge in [-0.3, -0.25) is 4.79 Å². The summed E-state index contributed by atoms with van der Waals surface area (Å²) in [5, 5.41) is 3.03. The van der Waals surface area contributed by atoms with Crippen LogP contribution in [-0.4, -0.2) is 30.0 Å². The van der Waals surface area contributed by atoms with Crippen LogP contribution >= 0.6 is 0 Å². The van der Waals surface area contributed by atoms with E-state index in [1.54, 1.807) is 0 Å². The van der Waals surface area contributed by atoms with Crippen LogP contribution in [0.3, 0.4) is 0 Å². The summed E-state index contributed by atoms with van der Waals surface area (Å²) < 4.78 is 0. The van der Waals surface area contributed by atoms with Gasteiger partial charge >= 0.3 is 0 Å². The number of aryl methyl sites for hydroxylation is 2. The molecule has 1 amide bonds. The summed E-state index contributed by atoms with van der Waals surface area (Å²) in [5.74, 6) is 0.948. The van der Waals surface area contributed by atoms with Gasteiger partial charge in [0.25, 0.3) is 0 Å². The summed E-state index contributed by atoms with van der Waals surface area (Å²) in [5.41, 5.74) is 2.42. The molecule has 5 nitrogen and oxygen atoms in total. The van der Waals surface area contributed by atoms with Gasteiger partial charge in [0.15, 0.2) is 0 Å². The molecule has 0 aromatic carbocycles. The first kappa shape index (κ1) is 14.8. The van der Waals surface area contributed by atoms with E-state index in [0.717, 1.165) is 42.8 Å². The summed E-state index contributed by atoms with van der Waals surface area (Å²) in [6.07, 6.45) is 5.57. The van der Waals surface area contributed by atoms with Gasteiger partial charge in [0.1, 0.15) is 0 Å². The van der Waals surface area contributed by atoms with Crippen molar-refractivity contribution in [1.82, 2.24) is 9.97 Å². The molecular weight excluding hydrogens is 252 g/mol. The summed E-state index contributed by atoms with van der Waals surface area (Å²) >= 11 is 0. The number of carbonyl (C=O) groups is 1. The van der Waals surface area contributed by atoms with E-state index < -0.39 is 0 Å². The zero-order valence-corrected chi connectivity index (χ0v) is 12.9. The number of amides is 1. The molecule has 1 aromatic heterocycles. The van der Waals surface area contributed by atoms with E-state index in [-0.39, 0.29) is 11.8 Å². The first-order valence-electron chi connectivity index (χ1n) is 7.32. The molecule has 1 saturated carbocycles. The molecule has 0 saturated heterocycles. The monoisotopic (exact) mass is 276 g/mol. The first-order valence-corrected chi connectivity index (χ1v) is 7.32. The van der Waals surface area contributed by atoms with Crippen LogP contribution in [0, 0.1) is 19.8 Å². The van der Waals surface area contributed by atoms with Gasteiger partial charge in [-0.1, -0.05) is 19.3 Å². The Morgan fingerprint density at radius 3 is 2.15 bits per heavy atom. The number of hydrogen-bond acceptors (Lipinski definition) is 4. The minimum absolute atomic E-state index is 0.122. The van der Waals surface area contributed by atoms with Crippen LogP contribution in [0.25, 0.3) is 0 Å². The Morgan fingerprint density at radius 1 is 1.10 bits per heavy atom. The van der Waals surface area contributed by atoms with Gasteiger partial charge in [-0.2, -0.15) is 0 Å². The molecule has 20 heavy (non-hydrogen) atoms. The SMILES string of the molecule is Cc1nc(N(C)C)nc(C)c1NC(=O)C1CCCCC1. The van der Waals surface area contributed by atoms with E-state index in [1.165, 1.54) is 6.42 Å². The van der Waals surface area contributed by atoms with Gasteiger partial charge < -0.3 is 10.2 Å².